The molecule has 0 aliphatic carbocycles. The maximum Gasteiger partial charge on any atom is 0.0571 e. The van der Waals surface area contributed by atoms with Crippen LogP contribution in [-0.2, 0) is 13.6 Å². The van der Waals surface area contributed by atoms with Crippen LogP contribution in [0.3, 0.4) is 0 Å². The molecule has 0 saturated heterocycles. The minimum atomic E-state index is 0.794. The lowest BCUT2D eigenvalue weighted by Crippen LogP contribution is -2.12. The van der Waals surface area contributed by atoms with E-state index in [0.29, 0.717) is 0 Å². The number of hydrogen-bond acceptors (Lipinski definition) is 2. The second-order valence-corrected chi connectivity index (χ2v) is 4.76. The van der Waals surface area contributed by atoms with Gasteiger partial charge in [0.15, 0.2) is 0 Å². The topological polar surface area (TPSA) is 29.9 Å². The molecule has 1 aromatic heterocycles. The van der Waals surface area contributed by atoms with Crippen molar-refractivity contribution >= 4 is 11.6 Å². The van der Waals surface area contributed by atoms with Gasteiger partial charge >= 0.3 is 0 Å². The molecule has 0 atom stereocenters. The van der Waals surface area contributed by atoms with Crippen molar-refractivity contribution < 1.29 is 0 Å². The van der Waals surface area contributed by atoms with Crippen molar-refractivity contribution in [2.24, 2.45) is 7.05 Å². The summed E-state index contributed by atoms with van der Waals surface area (Å²) in [6, 6.07) is 6.13. The third kappa shape index (κ3) is 2.57. The van der Waals surface area contributed by atoms with Crippen molar-refractivity contribution in [2.75, 3.05) is 6.54 Å². The second kappa shape index (κ2) is 5.55. The lowest BCUT2D eigenvalue weighted by atomic mass is 10.0. The number of aryl methyl sites for hydroxylation is 1. The van der Waals surface area contributed by atoms with E-state index in [4.69, 9.17) is 11.6 Å². The highest BCUT2D eigenvalue weighted by Gasteiger charge is 2.08. The number of aromatic nitrogens is 2. The summed E-state index contributed by atoms with van der Waals surface area (Å²) in [5.74, 6) is 0. The molecule has 96 valence electrons. The van der Waals surface area contributed by atoms with Gasteiger partial charge in [-0.05, 0) is 36.7 Å². The molecule has 0 bridgehead atoms. The predicted octanol–water partition coefficient (Wildman–Crippen LogP) is 3.16. The van der Waals surface area contributed by atoms with Gasteiger partial charge in [-0.15, -0.1) is 0 Å². The maximum absolute atomic E-state index is 6.20. The number of rotatable bonds is 4. The average molecular weight is 264 g/mol. The number of halogens is 1. The van der Waals surface area contributed by atoms with E-state index in [1.807, 2.05) is 30.1 Å². The van der Waals surface area contributed by atoms with Crippen LogP contribution in [-0.4, -0.2) is 16.3 Å². The molecule has 4 heteroatoms. The Morgan fingerprint density at radius 3 is 2.78 bits per heavy atom. The van der Waals surface area contributed by atoms with Crippen LogP contribution in [0, 0.1) is 6.92 Å². The summed E-state index contributed by atoms with van der Waals surface area (Å²) < 4.78 is 1.88. The molecular formula is C14H18ClN3. The Labute approximate surface area is 113 Å². The maximum atomic E-state index is 6.20. The first-order valence-corrected chi connectivity index (χ1v) is 6.49. The molecule has 18 heavy (non-hydrogen) atoms. The zero-order valence-corrected chi connectivity index (χ0v) is 11.8. The lowest BCUT2D eigenvalue weighted by Gasteiger charge is -2.08. The highest BCUT2D eigenvalue weighted by atomic mass is 35.5. The summed E-state index contributed by atoms with van der Waals surface area (Å²) in [6.45, 7) is 5.89. The molecule has 1 aromatic carbocycles. The fourth-order valence-electron chi connectivity index (χ4n) is 1.92. The van der Waals surface area contributed by atoms with Crippen molar-refractivity contribution in [2.45, 2.75) is 20.4 Å². The van der Waals surface area contributed by atoms with Gasteiger partial charge in [-0.3, -0.25) is 4.68 Å². The SMILES string of the molecule is CCNCc1cc(-c2cnn(C)c2C)ccc1Cl. The first-order chi connectivity index (χ1) is 8.63. The van der Waals surface area contributed by atoms with E-state index in [9.17, 15) is 0 Å². The molecule has 0 radical (unpaired) electrons. The smallest absolute Gasteiger partial charge is 0.0571 e. The van der Waals surface area contributed by atoms with Crippen LogP contribution in [0.25, 0.3) is 11.1 Å². The highest BCUT2D eigenvalue weighted by molar-refractivity contribution is 6.31. The molecule has 3 nitrogen and oxygen atoms in total. The number of hydrogen-bond donors (Lipinski definition) is 1. The monoisotopic (exact) mass is 263 g/mol. The van der Waals surface area contributed by atoms with E-state index in [2.05, 4.69) is 30.3 Å². The fourth-order valence-corrected chi connectivity index (χ4v) is 2.10. The molecule has 0 unspecified atom stereocenters. The van der Waals surface area contributed by atoms with Crippen LogP contribution < -0.4 is 5.32 Å². The molecule has 0 aliphatic rings. The van der Waals surface area contributed by atoms with Crippen LogP contribution >= 0.6 is 11.6 Å². The summed E-state index contributed by atoms with van der Waals surface area (Å²) in [5.41, 5.74) is 4.61. The van der Waals surface area contributed by atoms with Gasteiger partial charge in [0, 0.05) is 29.9 Å². The summed E-state index contributed by atoms with van der Waals surface area (Å²) in [6.07, 6.45) is 1.90. The molecule has 2 aromatic rings. The standard InChI is InChI=1S/C14H18ClN3/c1-4-16-8-12-7-11(5-6-14(12)15)13-9-17-18(3)10(13)2/h5-7,9,16H,4,8H2,1-3H3. The van der Waals surface area contributed by atoms with Crippen LogP contribution in [0.15, 0.2) is 24.4 Å². The molecule has 0 aliphatic heterocycles. The van der Waals surface area contributed by atoms with E-state index in [1.165, 1.54) is 0 Å². The van der Waals surface area contributed by atoms with Crippen molar-refractivity contribution in [1.82, 2.24) is 15.1 Å². The van der Waals surface area contributed by atoms with Crippen molar-refractivity contribution in [3.8, 4) is 11.1 Å². The first kappa shape index (κ1) is 13.1. The molecule has 0 amide bonds. The Hall–Kier alpha value is -1.32. The zero-order valence-electron chi connectivity index (χ0n) is 11.0. The summed E-state index contributed by atoms with van der Waals surface area (Å²) in [7, 11) is 1.95. The van der Waals surface area contributed by atoms with Gasteiger partial charge in [-0.2, -0.15) is 5.10 Å². The molecule has 0 fully saturated rings. The third-order valence-corrected chi connectivity index (χ3v) is 3.53. The van der Waals surface area contributed by atoms with E-state index in [0.717, 1.165) is 40.5 Å². The Balaban J connectivity index is 2.37. The van der Waals surface area contributed by atoms with Crippen molar-refractivity contribution in [3.63, 3.8) is 0 Å². The fraction of sp³-hybridized carbons (Fsp3) is 0.357. The highest BCUT2D eigenvalue weighted by Crippen LogP contribution is 2.27. The third-order valence-electron chi connectivity index (χ3n) is 3.16. The summed E-state index contributed by atoms with van der Waals surface area (Å²) in [5, 5.41) is 8.38. The van der Waals surface area contributed by atoms with Gasteiger partial charge in [-0.1, -0.05) is 24.6 Å². The van der Waals surface area contributed by atoms with Gasteiger partial charge in [0.05, 0.1) is 6.20 Å². The minimum Gasteiger partial charge on any atom is -0.313 e. The van der Waals surface area contributed by atoms with Crippen LogP contribution in [0.1, 0.15) is 18.2 Å². The first-order valence-electron chi connectivity index (χ1n) is 6.11. The van der Waals surface area contributed by atoms with Crippen LogP contribution in [0.2, 0.25) is 5.02 Å². The molecule has 0 saturated carbocycles. The van der Waals surface area contributed by atoms with E-state index >= 15 is 0 Å². The lowest BCUT2D eigenvalue weighted by molar-refractivity contribution is 0.727. The van der Waals surface area contributed by atoms with Crippen LogP contribution in [0.5, 0.6) is 0 Å². The molecule has 2 rings (SSSR count). The average Bonchev–Trinajstić information content (AvgIpc) is 2.69. The quantitative estimate of drug-likeness (QED) is 0.918. The van der Waals surface area contributed by atoms with Gasteiger partial charge in [0.2, 0.25) is 0 Å². The Kier molecular flexibility index (Phi) is 4.04. The predicted molar refractivity (Wildman–Crippen MR) is 75.8 cm³/mol. The molecular weight excluding hydrogens is 246 g/mol. The van der Waals surface area contributed by atoms with E-state index < -0.39 is 0 Å². The second-order valence-electron chi connectivity index (χ2n) is 4.35. The summed E-state index contributed by atoms with van der Waals surface area (Å²) >= 11 is 6.20. The number of benzene rings is 1. The van der Waals surface area contributed by atoms with Gasteiger partial charge in [-0.25, -0.2) is 0 Å². The van der Waals surface area contributed by atoms with Gasteiger partial charge < -0.3 is 5.32 Å². The Morgan fingerprint density at radius 2 is 2.17 bits per heavy atom. The van der Waals surface area contributed by atoms with Crippen LogP contribution in [0.4, 0.5) is 0 Å². The van der Waals surface area contributed by atoms with Gasteiger partial charge in [0.1, 0.15) is 0 Å². The largest absolute Gasteiger partial charge is 0.313 e. The number of nitrogens with zero attached hydrogens (tertiary/aromatic N) is 2. The van der Waals surface area contributed by atoms with Gasteiger partial charge in [0.25, 0.3) is 0 Å². The van der Waals surface area contributed by atoms with Crippen molar-refractivity contribution in [3.05, 3.63) is 40.7 Å². The number of nitrogens with one attached hydrogen (secondary N) is 1. The molecule has 0 spiro atoms. The Bertz CT molecular complexity index is 546. The Morgan fingerprint density at radius 1 is 1.39 bits per heavy atom. The summed E-state index contributed by atoms with van der Waals surface area (Å²) in [4.78, 5) is 0. The normalized spacial score (nSPS) is 10.9. The van der Waals surface area contributed by atoms with E-state index in [1.54, 1.807) is 0 Å². The minimum absolute atomic E-state index is 0.794. The zero-order chi connectivity index (χ0) is 13.1. The van der Waals surface area contributed by atoms with E-state index in [-0.39, 0.29) is 0 Å². The molecule has 1 N–H and O–H groups in total. The van der Waals surface area contributed by atoms with Crippen molar-refractivity contribution in [1.29, 1.82) is 0 Å². The molecule has 1 heterocycles.